The minimum Gasteiger partial charge on any atom is -0.311 e. The van der Waals surface area contributed by atoms with Gasteiger partial charge in [-0.1, -0.05) is 26.7 Å². The topological polar surface area (TPSA) is 15.3 Å². The zero-order valence-electron chi connectivity index (χ0n) is 13.0. The number of hydrogen-bond acceptors (Lipinski definition) is 2. The Balaban J connectivity index is 1.67. The maximum absolute atomic E-state index is 3.89. The summed E-state index contributed by atoms with van der Waals surface area (Å²) in [6.45, 7) is 8.72. The molecule has 0 spiro atoms. The van der Waals surface area contributed by atoms with Gasteiger partial charge < -0.3 is 5.32 Å². The number of hydrogen-bond donors (Lipinski definition) is 1. The van der Waals surface area contributed by atoms with Crippen molar-refractivity contribution in [3.05, 3.63) is 0 Å². The first-order chi connectivity index (χ1) is 9.27. The van der Waals surface area contributed by atoms with E-state index in [0.29, 0.717) is 5.54 Å². The molecule has 3 rings (SSSR count). The Morgan fingerprint density at radius 3 is 2.32 bits per heavy atom. The molecule has 2 nitrogen and oxygen atoms in total. The van der Waals surface area contributed by atoms with Crippen molar-refractivity contribution in [3.63, 3.8) is 0 Å². The zero-order chi connectivity index (χ0) is 13.3. The fourth-order valence-corrected chi connectivity index (χ4v) is 4.46. The summed E-state index contributed by atoms with van der Waals surface area (Å²) in [5.74, 6) is 1.99. The van der Waals surface area contributed by atoms with Crippen LogP contribution < -0.4 is 5.32 Å². The van der Waals surface area contributed by atoms with Gasteiger partial charge in [0.15, 0.2) is 0 Å². The molecule has 0 bridgehead atoms. The van der Waals surface area contributed by atoms with Crippen LogP contribution >= 0.6 is 0 Å². The van der Waals surface area contributed by atoms with Crippen molar-refractivity contribution in [2.24, 2.45) is 11.8 Å². The van der Waals surface area contributed by atoms with E-state index in [1.807, 2.05) is 0 Å². The predicted octanol–water partition coefficient (Wildman–Crippen LogP) is 3.42. The maximum Gasteiger partial charge on any atom is 0.0329 e. The molecular weight excluding hydrogens is 232 g/mol. The van der Waals surface area contributed by atoms with Crippen LogP contribution in [0.3, 0.4) is 0 Å². The second-order valence-electron chi connectivity index (χ2n) is 7.31. The monoisotopic (exact) mass is 264 g/mol. The maximum atomic E-state index is 3.89. The average molecular weight is 264 g/mol. The molecule has 2 saturated carbocycles. The summed E-state index contributed by atoms with van der Waals surface area (Å²) < 4.78 is 0. The zero-order valence-corrected chi connectivity index (χ0v) is 13.0. The smallest absolute Gasteiger partial charge is 0.0329 e. The predicted molar refractivity (Wildman–Crippen MR) is 81.4 cm³/mol. The number of rotatable bonds is 5. The van der Waals surface area contributed by atoms with Gasteiger partial charge >= 0.3 is 0 Å². The Morgan fingerprint density at radius 2 is 1.74 bits per heavy atom. The largest absolute Gasteiger partial charge is 0.311 e. The highest BCUT2D eigenvalue weighted by Gasteiger charge is 2.43. The van der Waals surface area contributed by atoms with Gasteiger partial charge in [0.2, 0.25) is 0 Å². The molecule has 2 heteroatoms. The highest BCUT2D eigenvalue weighted by atomic mass is 15.3. The van der Waals surface area contributed by atoms with E-state index in [9.17, 15) is 0 Å². The molecule has 1 unspecified atom stereocenters. The fraction of sp³-hybridized carbons (Fsp3) is 1.00. The summed E-state index contributed by atoms with van der Waals surface area (Å²) in [5.41, 5.74) is 0.452. The van der Waals surface area contributed by atoms with Crippen molar-refractivity contribution in [1.29, 1.82) is 0 Å². The molecule has 1 heterocycles. The van der Waals surface area contributed by atoms with Crippen molar-refractivity contribution in [2.45, 2.75) is 76.8 Å². The molecule has 110 valence electrons. The highest BCUT2D eigenvalue weighted by molar-refractivity contribution is 5.01. The van der Waals surface area contributed by atoms with Crippen LogP contribution in [0.1, 0.15) is 65.2 Å². The molecule has 0 radical (unpaired) electrons. The van der Waals surface area contributed by atoms with Crippen LogP contribution in [0.15, 0.2) is 0 Å². The van der Waals surface area contributed by atoms with Crippen molar-refractivity contribution < 1.29 is 0 Å². The van der Waals surface area contributed by atoms with Crippen molar-refractivity contribution in [1.82, 2.24) is 10.2 Å². The number of nitrogens with one attached hydrogen (secondary N) is 1. The van der Waals surface area contributed by atoms with Gasteiger partial charge in [-0.2, -0.15) is 0 Å². The summed E-state index contributed by atoms with van der Waals surface area (Å²) in [4.78, 5) is 2.91. The molecule has 0 aromatic rings. The van der Waals surface area contributed by atoms with E-state index in [2.05, 4.69) is 24.1 Å². The Bertz CT molecular complexity index is 286. The standard InChI is InChI=1S/C17H32N2/c1-3-17(4-2)13-18-16(15-9-10-15)12-19(17)11-14-7-5-6-8-14/h14-16,18H,3-13H2,1-2H3. The molecule has 0 amide bonds. The van der Waals surface area contributed by atoms with Crippen LogP contribution in [0.5, 0.6) is 0 Å². The first kappa shape index (κ1) is 13.9. The van der Waals surface area contributed by atoms with E-state index in [4.69, 9.17) is 0 Å². The van der Waals surface area contributed by atoms with Gasteiger partial charge in [0.1, 0.15) is 0 Å². The van der Waals surface area contributed by atoms with Crippen LogP contribution in [-0.4, -0.2) is 36.1 Å². The molecule has 1 aliphatic heterocycles. The first-order valence-electron chi connectivity index (χ1n) is 8.76. The van der Waals surface area contributed by atoms with Crippen LogP contribution in [-0.2, 0) is 0 Å². The van der Waals surface area contributed by atoms with Crippen LogP contribution in [0.4, 0.5) is 0 Å². The molecule has 1 atom stereocenters. The van der Waals surface area contributed by atoms with Crippen LogP contribution in [0.25, 0.3) is 0 Å². The van der Waals surface area contributed by atoms with Crippen molar-refractivity contribution in [3.8, 4) is 0 Å². The van der Waals surface area contributed by atoms with Gasteiger partial charge in [0.05, 0.1) is 0 Å². The molecule has 2 aliphatic carbocycles. The van der Waals surface area contributed by atoms with E-state index >= 15 is 0 Å². The molecule has 0 aromatic carbocycles. The molecule has 3 fully saturated rings. The Morgan fingerprint density at radius 1 is 1.05 bits per heavy atom. The minimum atomic E-state index is 0.452. The summed E-state index contributed by atoms with van der Waals surface area (Å²) in [5, 5.41) is 3.89. The van der Waals surface area contributed by atoms with Crippen LogP contribution in [0, 0.1) is 11.8 Å². The lowest BCUT2D eigenvalue weighted by atomic mass is 9.85. The summed E-state index contributed by atoms with van der Waals surface area (Å²) >= 11 is 0. The summed E-state index contributed by atoms with van der Waals surface area (Å²) in [6, 6.07) is 0.799. The quantitative estimate of drug-likeness (QED) is 0.818. The van der Waals surface area contributed by atoms with Gasteiger partial charge in [-0.05, 0) is 50.4 Å². The van der Waals surface area contributed by atoms with Gasteiger partial charge in [0.25, 0.3) is 0 Å². The highest BCUT2D eigenvalue weighted by Crippen LogP contribution is 2.38. The lowest BCUT2D eigenvalue weighted by Gasteiger charge is -2.51. The number of piperazine rings is 1. The van der Waals surface area contributed by atoms with Gasteiger partial charge in [0, 0.05) is 31.2 Å². The molecule has 19 heavy (non-hydrogen) atoms. The fourth-order valence-electron chi connectivity index (χ4n) is 4.46. The lowest BCUT2D eigenvalue weighted by Crippen LogP contribution is -2.65. The summed E-state index contributed by atoms with van der Waals surface area (Å²) in [7, 11) is 0. The van der Waals surface area contributed by atoms with Gasteiger partial charge in [-0.25, -0.2) is 0 Å². The van der Waals surface area contributed by atoms with Crippen LogP contribution in [0.2, 0.25) is 0 Å². The van der Waals surface area contributed by atoms with Gasteiger partial charge in [-0.15, -0.1) is 0 Å². The third kappa shape index (κ3) is 2.85. The second kappa shape index (κ2) is 5.73. The summed E-state index contributed by atoms with van der Waals surface area (Å²) in [6.07, 6.45) is 11.5. The molecule has 0 aromatic heterocycles. The molecule has 3 aliphatic rings. The van der Waals surface area contributed by atoms with Gasteiger partial charge in [-0.3, -0.25) is 4.90 Å². The van der Waals surface area contributed by atoms with E-state index < -0.39 is 0 Å². The Hall–Kier alpha value is -0.0800. The van der Waals surface area contributed by atoms with E-state index in [1.54, 1.807) is 0 Å². The third-order valence-corrected chi connectivity index (χ3v) is 6.24. The van der Waals surface area contributed by atoms with Crippen molar-refractivity contribution >= 4 is 0 Å². The minimum absolute atomic E-state index is 0.452. The molecule has 1 saturated heterocycles. The Kier molecular flexibility index (Phi) is 4.19. The first-order valence-corrected chi connectivity index (χ1v) is 8.76. The lowest BCUT2D eigenvalue weighted by molar-refractivity contribution is 0.0153. The number of nitrogens with zero attached hydrogens (tertiary/aromatic N) is 1. The van der Waals surface area contributed by atoms with E-state index in [1.165, 1.54) is 71.0 Å². The Labute approximate surface area is 119 Å². The van der Waals surface area contributed by atoms with Crippen molar-refractivity contribution in [2.75, 3.05) is 19.6 Å². The third-order valence-electron chi connectivity index (χ3n) is 6.24. The average Bonchev–Trinajstić information content (AvgIpc) is 3.17. The second-order valence-corrected chi connectivity index (χ2v) is 7.31. The van der Waals surface area contributed by atoms with E-state index in [0.717, 1.165) is 17.9 Å². The SMILES string of the molecule is CCC1(CC)CNC(C2CC2)CN1CC1CCCC1. The normalized spacial score (nSPS) is 32.8. The molecule has 1 N–H and O–H groups in total. The molecular formula is C17H32N2. The van der Waals surface area contributed by atoms with E-state index in [-0.39, 0.29) is 0 Å².